The molecule has 2 nitrogen and oxygen atoms in total. The summed E-state index contributed by atoms with van der Waals surface area (Å²) in [6, 6.07) is 6.99. The highest BCUT2D eigenvalue weighted by Gasteiger charge is 2.21. The number of hydrogen-bond acceptors (Lipinski definition) is 2. The van der Waals surface area contributed by atoms with Crippen LogP contribution in [-0.2, 0) is 6.42 Å². The van der Waals surface area contributed by atoms with Crippen molar-refractivity contribution in [2.45, 2.75) is 46.6 Å². The van der Waals surface area contributed by atoms with Gasteiger partial charge in [-0.3, -0.25) is 0 Å². The minimum Gasteiger partial charge on any atom is -0.466 e. The molecule has 0 aliphatic heterocycles. The van der Waals surface area contributed by atoms with E-state index < -0.39 is 0 Å². The molecule has 1 aromatic carbocycles. The Labute approximate surface area is 126 Å². The molecule has 0 saturated heterocycles. The van der Waals surface area contributed by atoms with Crippen LogP contribution < -0.4 is 5.32 Å². The SMILES string of the molecule is CCCNC(Cc1cccc(F)c1)c1c(C)oc(C)c1C. The van der Waals surface area contributed by atoms with Crippen LogP contribution in [0.5, 0.6) is 0 Å². The third-order valence-electron chi connectivity index (χ3n) is 3.94. The van der Waals surface area contributed by atoms with Crippen LogP contribution in [0.2, 0.25) is 0 Å². The molecule has 0 saturated carbocycles. The molecule has 0 amide bonds. The summed E-state index contributed by atoms with van der Waals surface area (Å²) in [6.07, 6.45) is 1.83. The predicted molar refractivity (Wildman–Crippen MR) is 84.1 cm³/mol. The van der Waals surface area contributed by atoms with Crippen LogP contribution in [0, 0.1) is 26.6 Å². The van der Waals surface area contributed by atoms with Gasteiger partial charge in [-0.25, -0.2) is 4.39 Å². The third kappa shape index (κ3) is 3.73. The molecule has 1 aromatic heterocycles. The average molecular weight is 289 g/mol. The second-order valence-corrected chi connectivity index (χ2v) is 5.59. The fourth-order valence-corrected chi connectivity index (χ4v) is 2.82. The van der Waals surface area contributed by atoms with E-state index in [1.165, 1.54) is 17.2 Å². The second-order valence-electron chi connectivity index (χ2n) is 5.59. The van der Waals surface area contributed by atoms with E-state index in [2.05, 4.69) is 19.2 Å². The van der Waals surface area contributed by atoms with E-state index in [1.54, 1.807) is 12.1 Å². The van der Waals surface area contributed by atoms with Crippen molar-refractivity contribution in [2.24, 2.45) is 0 Å². The molecule has 2 aromatic rings. The maximum Gasteiger partial charge on any atom is 0.123 e. The van der Waals surface area contributed by atoms with Gasteiger partial charge in [-0.2, -0.15) is 0 Å². The molecule has 0 spiro atoms. The van der Waals surface area contributed by atoms with E-state index in [1.807, 2.05) is 19.9 Å². The lowest BCUT2D eigenvalue weighted by atomic mass is 9.95. The molecule has 0 aliphatic carbocycles. The molecule has 21 heavy (non-hydrogen) atoms. The summed E-state index contributed by atoms with van der Waals surface area (Å²) in [5.74, 6) is 1.73. The van der Waals surface area contributed by atoms with E-state index in [0.29, 0.717) is 0 Å². The van der Waals surface area contributed by atoms with Crippen LogP contribution in [0.3, 0.4) is 0 Å². The van der Waals surface area contributed by atoms with Gasteiger partial charge < -0.3 is 9.73 Å². The summed E-state index contributed by atoms with van der Waals surface area (Å²) in [6.45, 7) is 9.16. The Bertz CT molecular complexity index is 603. The van der Waals surface area contributed by atoms with E-state index in [0.717, 1.165) is 36.5 Å². The summed E-state index contributed by atoms with van der Waals surface area (Å²) in [5.41, 5.74) is 3.41. The first-order chi connectivity index (χ1) is 10.0. The number of furan rings is 1. The van der Waals surface area contributed by atoms with Gasteiger partial charge >= 0.3 is 0 Å². The zero-order valence-electron chi connectivity index (χ0n) is 13.3. The highest BCUT2D eigenvalue weighted by atomic mass is 19.1. The van der Waals surface area contributed by atoms with Crippen molar-refractivity contribution in [1.29, 1.82) is 0 Å². The van der Waals surface area contributed by atoms with Crippen molar-refractivity contribution in [3.05, 3.63) is 58.3 Å². The van der Waals surface area contributed by atoms with Crippen molar-refractivity contribution in [2.75, 3.05) is 6.54 Å². The zero-order chi connectivity index (χ0) is 15.4. The van der Waals surface area contributed by atoms with Gasteiger partial charge in [0.1, 0.15) is 17.3 Å². The Kier molecular flexibility index (Phi) is 5.18. The molecule has 1 atom stereocenters. The Morgan fingerprint density at radius 2 is 1.95 bits per heavy atom. The molecule has 2 rings (SSSR count). The van der Waals surface area contributed by atoms with Gasteiger partial charge in [0.15, 0.2) is 0 Å². The average Bonchev–Trinajstić information content (AvgIpc) is 2.68. The normalized spacial score (nSPS) is 12.6. The summed E-state index contributed by atoms with van der Waals surface area (Å²) >= 11 is 0. The largest absolute Gasteiger partial charge is 0.466 e. The zero-order valence-corrected chi connectivity index (χ0v) is 13.3. The summed E-state index contributed by atoms with van der Waals surface area (Å²) < 4.78 is 19.1. The number of hydrogen-bond donors (Lipinski definition) is 1. The Morgan fingerprint density at radius 3 is 2.52 bits per heavy atom. The lowest BCUT2D eigenvalue weighted by molar-refractivity contribution is 0.480. The third-order valence-corrected chi connectivity index (χ3v) is 3.94. The van der Waals surface area contributed by atoms with Crippen molar-refractivity contribution in [1.82, 2.24) is 5.32 Å². The minimum absolute atomic E-state index is 0.157. The Morgan fingerprint density at radius 1 is 1.19 bits per heavy atom. The molecule has 1 heterocycles. The first-order valence-corrected chi connectivity index (χ1v) is 7.57. The van der Waals surface area contributed by atoms with E-state index in [-0.39, 0.29) is 11.9 Å². The first kappa shape index (κ1) is 15.8. The fourth-order valence-electron chi connectivity index (χ4n) is 2.82. The smallest absolute Gasteiger partial charge is 0.123 e. The van der Waals surface area contributed by atoms with Gasteiger partial charge in [0.05, 0.1) is 0 Å². The van der Waals surface area contributed by atoms with Gasteiger partial charge in [0.25, 0.3) is 0 Å². The minimum atomic E-state index is -0.182. The standard InChI is InChI=1S/C18H24FNO/c1-5-9-20-17(11-15-7-6-8-16(19)10-15)18-12(2)13(3)21-14(18)4/h6-8,10,17,20H,5,9,11H2,1-4H3. The van der Waals surface area contributed by atoms with Gasteiger partial charge in [-0.1, -0.05) is 19.1 Å². The summed E-state index contributed by atoms with van der Waals surface area (Å²) in [7, 11) is 0. The molecule has 0 bridgehead atoms. The highest BCUT2D eigenvalue weighted by molar-refractivity contribution is 5.35. The summed E-state index contributed by atoms with van der Waals surface area (Å²) in [5, 5.41) is 3.57. The molecule has 0 radical (unpaired) electrons. The van der Waals surface area contributed by atoms with Gasteiger partial charge in [-0.15, -0.1) is 0 Å². The van der Waals surface area contributed by atoms with Crippen LogP contribution in [0.25, 0.3) is 0 Å². The van der Waals surface area contributed by atoms with Crippen LogP contribution in [0.4, 0.5) is 4.39 Å². The van der Waals surface area contributed by atoms with Crippen molar-refractivity contribution in [3.8, 4) is 0 Å². The van der Waals surface area contributed by atoms with Crippen LogP contribution >= 0.6 is 0 Å². The lowest BCUT2D eigenvalue weighted by Gasteiger charge is -2.19. The number of halogens is 1. The van der Waals surface area contributed by atoms with Crippen LogP contribution in [0.1, 0.15) is 47.6 Å². The van der Waals surface area contributed by atoms with Crippen molar-refractivity contribution in [3.63, 3.8) is 0 Å². The quantitative estimate of drug-likeness (QED) is 0.839. The van der Waals surface area contributed by atoms with E-state index >= 15 is 0 Å². The molecule has 3 heteroatoms. The topological polar surface area (TPSA) is 25.2 Å². The van der Waals surface area contributed by atoms with E-state index in [9.17, 15) is 4.39 Å². The van der Waals surface area contributed by atoms with Crippen LogP contribution in [0.15, 0.2) is 28.7 Å². The molecule has 1 N–H and O–H groups in total. The first-order valence-electron chi connectivity index (χ1n) is 7.57. The lowest BCUT2D eigenvalue weighted by Crippen LogP contribution is -2.25. The molecule has 114 valence electrons. The second kappa shape index (κ2) is 6.90. The van der Waals surface area contributed by atoms with Crippen molar-refractivity contribution < 1.29 is 8.81 Å². The number of benzene rings is 1. The Balaban J connectivity index is 2.29. The number of rotatable bonds is 6. The maximum absolute atomic E-state index is 13.4. The summed E-state index contributed by atoms with van der Waals surface area (Å²) in [4.78, 5) is 0. The number of nitrogens with one attached hydrogen (secondary N) is 1. The van der Waals surface area contributed by atoms with Gasteiger partial charge in [-0.05, 0) is 63.4 Å². The van der Waals surface area contributed by atoms with E-state index in [4.69, 9.17) is 4.42 Å². The molecule has 0 aliphatic rings. The highest BCUT2D eigenvalue weighted by Crippen LogP contribution is 2.29. The van der Waals surface area contributed by atoms with Gasteiger partial charge in [0.2, 0.25) is 0 Å². The molecule has 1 unspecified atom stereocenters. The van der Waals surface area contributed by atoms with Crippen molar-refractivity contribution >= 4 is 0 Å². The number of aryl methyl sites for hydroxylation is 2. The van der Waals surface area contributed by atoms with Crippen LogP contribution in [-0.4, -0.2) is 6.54 Å². The predicted octanol–water partition coefficient (Wildman–Crippen LogP) is 4.63. The molecular weight excluding hydrogens is 265 g/mol. The Hall–Kier alpha value is -1.61. The molecular formula is C18H24FNO. The van der Waals surface area contributed by atoms with Gasteiger partial charge in [0, 0.05) is 11.6 Å². The maximum atomic E-state index is 13.4. The molecule has 0 fully saturated rings. The monoisotopic (exact) mass is 289 g/mol. The fraction of sp³-hybridized carbons (Fsp3) is 0.444.